The first kappa shape index (κ1) is 21.1. The summed E-state index contributed by atoms with van der Waals surface area (Å²) in [7, 11) is 0. The van der Waals surface area contributed by atoms with Crippen molar-refractivity contribution in [3.8, 4) is 5.75 Å². The highest BCUT2D eigenvalue weighted by atomic mass is 32.1. The second-order valence-electron chi connectivity index (χ2n) is 7.74. The van der Waals surface area contributed by atoms with Gasteiger partial charge in [0, 0.05) is 17.0 Å². The summed E-state index contributed by atoms with van der Waals surface area (Å²) >= 11 is 1.57. The van der Waals surface area contributed by atoms with Crippen LogP contribution in [0.15, 0.2) is 47.8 Å². The summed E-state index contributed by atoms with van der Waals surface area (Å²) in [5.74, 6) is 0.888. The van der Waals surface area contributed by atoms with E-state index in [9.17, 15) is 4.79 Å². The maximum absolute atomic E-state index is 13.0. The number of amides is 1. The first-order valence-electron chi connectivity index (χ1n) is 9.84. The summed E-state index contributed by atoms with van der Waals surface area (Å²) in [6.45, 7) is 11.1. The van der Waals surface area contributed by atoms with Crippen LogP contribution >= 0.6 is 11.3 Å². The van der Waals surface area contributed by atoms with Gasteiger partial charge in [-0.1, -0.05) is 23.8 Å². The lowest BCUT2D eigenvalue weighted by molar-refractivity contribution is 0.0688. The monoisotopic (exact) mass is 408 g/mol. The first-order chi connectivity index (χ1) is 13.8. The fourth-order valence-corrected chi connectivity index (χ4v) is 3.87. The van der Waals surface area contributed by atoms with Gasteiger partial charge in [0.2, 0.25) is 0 Å². The van der Waals surface area contributed by atoms with E-state index >= 15 is 0 Å². The topological polar surface area (TPSA) is 42.4 Å². The summed E-state index contributed by atoms with van der Waals surface area (Å²) in [4.78, 5) is 19.5. The Morgan fingerprint density at radius 2 is 1.69 bits per heavy atom. The molecule has 0 aliphatic heterocycles. The van der Waals surface area contributed by atoms with Crippen molar-refractivity contribution in [1.82, 2.24) is 9.88 Å². The summed E-state index contributed by atoms with van der Waals surface area (Å²) in [5, 5.41) is 2.92. The van der Waals surface area contributed by atoms with Crippen LogP contribution in [0, 0.1) is 20.8 Å². The summed E-state index contributed by atoms with van der Waals surface area (Å²) in [6.07, 6.45) is 0. The zero-order valence-corrected chi connectivity index (χ0v) is 18.5. The molecule has 5 heteroatoms. The molecule has 0 fully saturated rings. The lowest BCUT2D eigenvalue weighted by atomic mass is 10.1. The molecule has 29 heavy (non-hydrogen) atoms. The molecule has 0 atom stereocenters. The third-order valence-corrected chi connectivity index (χ3v) is 5.54. The molecule has 0 saturated heterocycles. The first-order valence-corrected chi connectivity index (χ1v) is 10.7. The zero-order chi connectivity index (χ0) is 21.0. The van der Waals surface area contributed by atoms with Crippen LogP contribution in [0.2, 0.25) is 0 Å². The minimum Gasteiger partial charge on any atom is -0.486 e. The minimum atomic E-state index is 0.0287. The normalized spacial score (nSPS) is 11.0. The standard InChI is InChI=1S/C24H28N2O2S/c1-16(2)26(24(27)20-8-6-17(3)7-9-20)13-21-15-29-23(25-21)14-28-22-11-18(4)10-19(5)12-22/h6-12,15-16H,13-14H2,1-5H3. The van der Waals surface area contributed by atoms with Crippen molar-refractivity contribution in [3.05, 3.63) is 80.8 Å². The number of carbonyl (C=O) groups is 1. The molecule has 0 N–H and O–H groups in total. The highest BCUT2D eigenvalue weighted by Crippen LogP contribution is 2.20. The SMILES string of the molecule is Cc1ccc(C(=O)N(Cc2csc(COc3cc(C)cc(C)c3)n2)C(C)C)cc1. The van der Waals surface area contributed by atoms with E-state index in [4.69, 9.17) is 4.74 Å². The van der Waals surface area contributed by atoms with Gasteiger partial charge in [0.05, 0.1) is 12.2 Å². The summed E-state index contributed by atoms with van der Waals surface area (Å²) in [6, 6.07) is 14.0. The number of ether oxygens (including phenoxy) is 1. The molecule has 4 nitrogen and oxygen atoms in total. The Morgan fingerprint density at radius 3 is 2.31 bits per heavy atom. The van der Waals surface area contributed by atoms with Crippen LogP contribution in [-0.4, -0.2) is 21.8 Å². The lowest BCUT2D eigenvalue weighted by Gasteiger charge is -2.26. The quantitative estimate of drug-likeness (QED) is 0.504. The van der Waals surface area contributed by atoms with Crippen LogP contribution in [0.3, 0.4) is 0 Å². The van der Waals surface area contributed by atoms with E-state index in [2.05, 4.69) is 24.9 Å². The Labute approximate surface area is 177 Å². The van der Waals surface area contributed by atoms with Gasteiger partial charge >= 0.3 is 0 Å². The summed E-state index contributed by atoms with van der Waals surface area (Å²) < 4.78 is 5.91. The molecule has 0 aliphatic carbocycles. The van der Waals surface area contributed by atoms with Gasteiger partial charge in [-0.15, -0.1) is 11.3 Å². The molecule has 3 aromatic rings. The maximum Gasteiger partial charge on any atom is 0.254 e. The molecule has 1 amide bonds. The molecule has 3 rings (SSSR count). The number of aromatic nitrogens is 1. The Balaban J connectivity index is 1.66. The summed E-state index contributed by atoms with van der Waals surface area (Å²) in [5.41, 5.74) is 5.11. The van der Waals surface area contributed by atoms with E-state index in [-0.39, 0.29) is 11.9 Å². The van der Waals surface area contributed by atoms with Gasteiger partial charge in [0.1, 0.15) is 17.4 Å². The largest absolute Gasteiger partial charge is 0.486 e. The van der Waals surface area contributed by atoms with Gasteiger partial charge in [0.25, 0.3) is 5.91 Å². The van der Waals surface area contributed by atoms with Gasteiger partial charge in [-0.2, -0.15) is 0 Å². The van der Waals surface area contributed by atoms with Crippen molar-refractivity contribution in [2.45, 2.75) is 53.8 Å². The number of rotatable bonds is 7. The van der Waals surface area contributed by atoms with Gasteiger partial charge in [-0.25, -0.2) is 4.98 Å². The van der Waals surface area contributed by atoms with Gasteiger partial charge in [0.15, 0.2) is 0 Å². The lowest BCUT2D eigenvalue weighted by Crippen LogP contribution is -2.36. The van der Waals surface area contributed by atoms with Crippen LogP contribution in [-0.2, 0) is 13.2 Å². The smallest absolute Gasteiger partial charge is 0.254 e. The van der Waals surface area contributed by atoms with E-state index < -0.39 is 0 Å². The fraction of sp³-hybridized carbons (Fsp3) is 0.333. The Kier molecular flexibility index (Phi) is 6.70. The van der Waals surface area contributed by atoms with E-state index in [1.54, 1.807) is 11.3 Å². The van der Waals surface area contributed by atoms with Gasteiger partial charge in [-0.3, -0.25) is 4.79 Å². The molecule has 1 heterocycles. The molecule has 152 valence electrons. The number of hydrogen-bond acceptors (Lipinski definition) is 4. The molecule has 1 aromatic heterocycles. The number of hydrogen-bond donors (Lipinski definition) is 0. The Morgan fingerprint density at radius 1 is 1.03 bits per heavy atom. The number of aryl methyl sites for hydroxylation is 3. The van der Waals surface area contributed by atoms with Crippen LogP contribution in [0.25, 0.3) is 0 Å². The number of carbonyl (C=O) groups excluding carboxylic acids is 1. The van der Waals surface area contributed by atoms with Crippen molar-refractivity contribution in [2.24, 2.45) is 0 Å². The molecule has 2 aromatic carbocycles. The van der Waals surface area contributed by atoms with Crippen molar-refractivity contribution >= 4 is 17.2 Å². The van der Waals surface area contributed by atoms with Crippen molar-refractivity contribution < 1.29 is 9.53 Å². The third kappa shape index (κ3) is 5.67. The van der Waals surface area contributed by atoms with Gasteiger partial charge in [-0.05, 0) is 70.0 Å². The maximum atomic E-state index is 13.0. The minimum absolute atomic E-state index is 0.0287. The highest BCUT2D eigenvalue weighted by molar-refractivity contribution is 7.09. The van der Waals surface area contributed by atoms with Gasteiger partial charge < -0.3 is 9.64 Å². The van der Waals surface area contributed by atoms with Crippen LogP contribution in [0.1, 0.15) is 51.6 Å². The number of benzene rings is 2. The number of thiazole rings is 1. The van der Waals surface area contributed by atoms with Crippen LogP contribution < -0.4 is 4.74 Å². The van der Waals surface area contributed by atoms with Crippen molar-refractivity contribution in [2.75, 3.05) is 0 Å². The molecule has 0 radical (unpaired) electrons. The Bertz CT molecular complexity index is 957. The molecule has 0 unspecified atom stereocenters. The molecular weight excluding hydrogens is 380 g/mol. The van der Waals surface area contributed by atoms with Crippen molar-refractivity contribution in [1.29, 1.82) is 0 Å². The second-order valence-corrected chi connectivity index (χ2v) is 8.68. The second kappa shape index (κ2) is 9.23. The van der Waals surface area contributed by atoms with Crippen LogP contribution in [0.5, 0.6) is 5.75 Å². The van der Waals surface area contributed by atoms with E-state index in [1.165, 1.54) is 11.1 Å². The molecule has 0 saturated carbocycles. The Hall–Kier alpha value is -2.66. The zero-order valence-electron chi connectivity index (χ0n) is 17.7. The highest BCUT2D eigenvalue weighted by Gasteiger charge is 2.20. The average molecular weight is 409 g/mol. The molecule has 0 spiro atoms. The molecular formula is C24H28N2O2S. The average Bonchev–Trinajstić information content (AvgIpc) is 3.11. The molecule has 0 bridgehead atoms. The molecule has 0 aliphatic rings. The van der Waals surface area contributed by atoms with Crippen LogP contribution in [0.4, 0.5) is 0 Å². The predicted molar refractivity (Wildman–Crippen MR) is 119 cm³/mol. The van der Waals surface area contributed by atoms with E-state index in [0.717, 1.165) is 22.0 Å². The predicted octanol–water partition coefficient (Wildman–Crippen LogP) is 5.70. The van der Waals surface area contributed by atoms with Crippen molar-refractivity contribution in [3.63, 3.8) is 0 Å². The fourth-order valence-electron chi connectivity index (χ4n) is 3.17. The van der Waals surface area contributed by atoms with E-state index in [0.29, 0.717) is 18.7 Å². The van der Waals surface area contributed by atoms with E-state index in [1.807, 2.05) is 67.4 Å². The number of nitrogens with zero attached hydrogens (tertiary/aromatic N) is 2. The third-order valence-electron chi connectivity index (χ3n) is 4.67.